The van der Waals surface area contributed by atoms with Crippen LogP contribution in [0.5, 0.6) is 0 Å². The van der Waals surface area contributed by atoms with E-state index >= 15 is 0 Å². The standard InChI is InChI=1S/C9H21NO2Si/c1-5-7-10-8-6-9-13(4,11-2)12-3/h5,10H,1,6-9H2,2-4H3. The first-order valence-electron chi connectivity index (χ1n) is 4.60. The SMILES string of the molecule is C=CCNCCC[Si](C)(OC)OC. The maximum atomic E-state index is 5.36. The minimum Gasteiger partial charge on any atom is -0.398 e. The summed E-state index contributed by atoms with van der Waals surface area (Å²) in [4.78, 5) is 0. The Morgan fingerprint density at radius 1 is 1.38 bits per heavy atom. The van der Waals surface area contributed by atoms with Crippen LogP contribution in [0.1, 0.15) is 6.42 Å². The minimum absolute atomic E-state index is 0.873. The first-order valence-corrected chi connectivity index (χ1v) is 7.13. The lowest BCUT2D eigenvalue weighted by Gasteiger charge is -2.22. The fourth-order valence-electron chi connectivity index (χ4n) is 1.03. The van der Waals surface area contributed by atoms with Gasteiger partial charge in [-0.1, -0.05) is 6.08 Å². The lowest BCUT2D eigenvalue weighted by Crippen LogP contribution is -2.36. The zero-order valence-electron chi connectivity index (χ0n) is 8.93. The topological polar surface area (TPSA) is 30.5 Å². The molecule has 0 rings (SSSR count). The molecule has 0 saturated carbocycles. The highest BCUT2D eigenvalue weighted by molar-refractivity contribution is 6.65. The van der Waals surface area contributed by atoms with Crippen molar-refractivity contribution in [3.8, 4) is 0 Å². The molecule has 0 aromatic heterocycles. The Labute approximate surface area is 82.4 Å². The third-order valence-corrected chi connectivity index (χ3v) is 5.13. The predicted octanol–water partition coefficient (Wildman–Crippen LogP) is 1.52. The van der Waals surface area contributed by atoms with Crippen LogP contribution in [0.2, 0.25) is 12.6 Å². The van der Waals surface area contributed by atoms with Crippen molar-refractivity contribution in [3.05, 3.63) is 12.7 Å². The Bertz CT molecular complexity index is 138. The zero-order chi connectivity index (χ0) is 10.2. The Hall–Kier alpha value is -0.163. The third-order valence-electron chi connectivity index (χ3n) is 2.14. The number of hydrogen-bond donors (Lipinski definition) is 1. The fraction of sp³-hybridized carbons (Fsp3) is 0.778. The molecular formula is C9H21NO2Si. The van der Waals surface area contributed by atoms with Crippen molar-refractivity contribution in [1.82, 2.24) is 5.32 Å². The van der Waals surface area contributed by atoms with Crippen LogP contribution >= 0.6 is 0 Å². The van der Waals surface area contributed by atoms with Gasteiger partial charge >= 0.3 is 8.56 Å². The Kier molecular flexibility index (Phi) is 7.17. The van der Waals surface area contributed by atoms with Crippen LogP contribution in [0, 0.1) is 0 Å². The van der Waals surface area contributed by atoms with Crippen molar-refractivity contribution in [2.24, 2.45) is 0 Å². The maximum absolute atomic E-state index is 5.36. The number of nitrogens with one attached hydrogen (secondary N) is 1. The van der Waals surface area contributed by atoms with Gasteiger partial charge in [0.1, 0.15) is 0 Å². The second kappa shape index (κ2) is 7.26. The summed E-state index contributed by atoms with van der Waals surface area (Å²) in [7, 11) is 1.63. The van der Waals surface area contributed by atoms with Crippen LogP contribution in [0.15, 0.2) is 12.7 Å². The fourth-order valence-corrected chi connectivity index (χ4v) is 2.42. The molecule has 0 fully saturated rings. The molecule has 0 heterocycles. The van der Waals surface area contributed by atoms with Crippen molar-refractivity contribution >= 4 is 8.56 Å². The third kappa shape index (κ3) is 5.98. The molecule has 78 valence electrons. The van der Waals surface area contributed by atoms with Crippen LogP contribution < -0.4 is 5.32 Å². The van der Waals surface area contributed by atoms with E-state index in [-0.39, 0.29) is 0 Å². The summed E-state index contributed by atoms with van der Waals surface area (Å²) in [5.74, 6) is 0. The molecule has 0 atom stereocenters. The molecule has 13 heavy (non-hydrogen) atoms. The second-order valence-electron chi connectivity index (χ2n) is 3.14. The van der Waals surface area contributed by atoms with Gasteiger partial charge in [0.15, 0.2) is 0 Å². The highest BCUT2D eigenvalue weighted by atomic mass is 28.4. The molecule has 0 unspecified atom stereocenters. The lowest BCUT2D eigenvalue weighted by molar-refractivity contribution is 0.248. The van der Waals surface area contributed by atoms with Gasteiger partial charge in [-0.25, -0.2) is 0 Å². The van der Waals surface area contributed by atoms with Crippen molar-refractivity contribution in [2.75, 3.05) is 27.3 Å². The van der Waals surface area contributed by atoms with Gasteiger partial charge in [0.25, 0.3) is 0 Å². The molecule has 0 aliphatic heterocycles. The summed E-state index contributed by atoms with van der Waals surface area (Å²) in [5.41, 5.74) is 0. The van der Waals surface area contributed by atoms with E-state index in [4.69, 9.17) is 8.85 Å². The summed E-state index contributed by atoms with van der Waals surface area (Å²) in [5, 5.41) is 3.25. The minimum atomic E-state index is -1.82. The highest BCUT2D eigenvalue weighted by Crippen LogP contribution is 2.12. The Balaban J connectivity index is 3.44. The predicted molar refractivity (Wildman–Crippen MR) is 58.1 cm³/mol. The molecule has 0 aliphatic carbocycles. The average molecular weight is 203 g/mol. The van der Waals surface area contributed by atoms with Crippen LogP contribution in [-0.4, -0.2) is 35.9 Å². The average Bonchev–Trinajstić information content (AvgIpc) is 2.17. The van der Waals surface area contributed by atoms with Gasteiger partial charge in [0.05, 0.1) is 0 Å². The summed E-state index contributed by atoms with van der Waals surface area (Å²) >= 11 is 0. The van der Waals surface area contributed by atoms with Crippen molar-refractivity contribution in [3.63, 3.8) is 0 Å². The molecule has 0 saturated heterocycles. The molecule has 0 aromatic rings. The van der Waals surface area contributed by atoms with Gasteiger partial charge in [-0.05, 0) is 25.6 Å². The van der Waals surface area contributed by atoms with Gasteiger partial charge in [-0.2, -0.15) is 0 Å². The van der Waals surface area contributed by atoms with Crippen LogP contribution in [0.4, 0.5) is 0 Å². The van der Waals surface area contributed by atoms with Crippen molar-refractivity contribution in [2.45, 2.75) is 19.0 Å². The first-order chi connectivity index (χ1) is 6.18. The van der Waals surface area contributed by atoms with Gasteiger partial charge in [-0.15, -0.1) is 6.58 Å². The number of hydrogen-bond acceptors (Lipinski definition) is 3. The zero-order valence-corrected chi connectivity index (χ0v) is 9.93. The van der Waals surface area contributed by atoms with Gasteiger partial charge in [0, 0.05) is 20.8 Å². The van der Waals surface area contributed by atoms with Gasteiger partial charge in [0.2, 0.25) is 0 Å². The summed E-state index contributed by atoms with van der Waals surface area (Å²) in [6.07, 6.45) is 2.96. The molecule has 0 amide bonds. The second-order valence-corrected chi connectivity index (χ2v) is 6.72. The molecule has 1 N–H and O–H groups in total. The quantitative estimate of drug-likeness (QED) is 0.368. The van der Waals surface area contributed by atoms with Gasteiger partial charge < -0.3 is 14.2 Å². The lowest BCUT2D eigenvalue weighted by atomic mass is 10.4. The molecule has 0 aliphatic rings. The van der Waals surface area contributed by atoms with Crippen LogP contribution in [0.25, 0.3) is 0 Å². The first kappa shape index (κ1) is 12.8. The molecule has 0 spiro atoms. The van der Waals surface area contributed by atoms with E-state index in [1.54, 1.807) is 14.2 Å². The smallest absolute Gasteiger partial charge is 0.334 e. The van der Waals surface area contributed by atoms with Crippen molar-refractivity contribution in [1.29, 1.82) is 0 Å². The molecule has 0 radical (unpaired) electrons. The highest BCUT2D eigenvalue weighted by Gasteiger charge is 2.27. The van der Waals surface area contributed by atoms with E-state index < -0.39 is 8.56 Å². The molecule has 3 nitrogen and oxygen atoms in total. The van der Waals surface area contributed by atoms with Crippen LogP contribution in [-0.2, 0) is 8.85 Å². The molecular weight excluding hydrogens is 182 g/mol. The Morgan fingerprint density at radius 3 is 2.46 bits per heavy atom. The van der Waals surface area contributed by atoms with E-state index in [2.05, 4.69) is 18.4 Å². The van der Waals surface area contributed by atoms with Crippen LogP contribution in [0.3, 0.4) is 0 Å². The van der Waals surface area contributed by atoms with E-state index in [1.807, 2.05) is 6.08 Å². The Morgan fingerprint density at radius 2 is 2.00 bits per heavy atom. The normalized spacial score (nSPS) is 11.6. The molecule has 4 heteroatoms. The van der Waals surface area contributed by atoms with Gasteiger partial charge in [-0.3, -0.25) is 0 Å². The van der Waals surface area contributed by atoms with E-state index in [1.165, 1.54) is 0 Å². The van der Waals surface area contributed by atoms with E-state index in [9.17, 15) is 0 Å². The summed E-state index contributed by atoms with van der Waals surface area (Å²) in [6.45, 7) is 7.59. The monoisotopic (exact) mass is 203 g/mol. The van der Waals surface area contributed by atoms with E-state index in [0.717, 1.165) is 25.6 Å². The molecule has 0 bridgehead atoms. The van der Waals surface area contributed by atoms with Crippen molar-refractivity contribution < 1.29 is 8.85 Å². The van der Waals surface area contributed by atoms with E-state index in [0.29, 0.717) is 0 Å². The number of rotatable bonds is 8. The molecule has 0 aromatic carbocycles. The largest absolute Gasteiger partial charge is 0.398 e. The maximum Gasteiger partial charge on any atom is 0.334 e. The summed E-state index contributed by atoms with van der Waals surface area (Å²) in [6, 6.07) is 1.03. The summed E-state index contributed by atoms with van der Waals surface area (Å²) < 4.78 is 10.7.